The number of benzene rings is 1. The average Bonchev–Trinajstić information content (AvgIpc) is 2.65. The van der Waals surface area contributed by atoms with E-state index in [0.717, 1.165) is 18.4 Å². The molecule has 0 bridgehead atoms. The van der Waals surface area contributed by atoms with E-state index in [-0.39, 0.29) is 29.3 Å². The summed E-state index contributed by atoms with van der Waals surface area (Å²) in [5.74, 6) is -0.815. The average molecular weight is 491 g/mol. The lowest BCUT2D eigenvalue weighted by molar-refractivity contribution is -0.127. The van der Waals surface area contributed by atoms with Crippen molar-refractivity contribution in [3.63, 3.8) is 0 Å². The van der Waals surface area contributed by atoms with E-state index >= 15 is 0 Å². The lowest BCUT2D eigenvalue weighted by Gasteiger charge is -2.44. The molecular weight excluding hydrogens is 448 g/mol. The Morgan fingerprint density at radius 3 is 2.56 bits per heavy atom. The molecule has 1 saturated heterocycles. The van der Waals surface area contributed by atoms with E-state index in [1.54, 1.807) is 26.0 Å². The Morgan fingerprint density at radius 2 is 1.91 bits per heavy atom. The van der Waals surface area contributed by atoms with Crippen LogP contribution in [-0.2, 0) is 20.3 Å². The fourth-order valence-electron chi connectivity index (χ4n) is 4.50. The van der Waals surface area contributed by atoms with Crippen LogP contribution in [0.2, 0.25) is 18.1 Å². The number of cyclic esters (lactones) is 1. The fourth-order valence-corrected chi connectivity index (χ4v) is 5.88. The number of rotatable bonds is 8. The first-order valence-electron chi connectivity index (χ1n) is 12.4. The maximum Gasteiger partial charge on any atom is 0.345 e. The lowest BCUT2D eigenvalue weighted by Crippen LogP contribution is -2.48. The van der Waals surface area contributed by atoms with Crippen molar-refractivity contribution in [3.8, 4) is 5.75 Å². The van der Waals surface area contributed by atoms with Gasteiger partial charge in [0.15, 0.2) is 8.32 Å². The second kappa shape index (κ2) is 10.1. The summed E-state index contributed by atoms with van der Waals surface area (Å²) in [5.41, 5.74) is 1.32. The van der Waals surface area contributed by atoms with E-state index in [9.17, 15) is 9.90 Å². The minimum absolute atomic E-state index is 0.0437. The van der Waals surface area contributed by atoms with Gasteiger partial charge < -0.3 is 23.7 Å². The Kier molecular flexibility index (Phi) is 8.02. The summed E-state index contributed by atoms with van der Waals surface area (Å²) in [6.07, 6.45) is 4.13. The van der Waals surface area contributed by atoms with Crippen LogP contribution in [0, 0.1) is 0 Å². The number of carbonyl (C=O) groups excluding carboxylic acids is 1. The lowest BCUT2D eigenvalue weighted by atomic mass is 9.92. The van der Waals surface area contributed by atoms with Gasteiger partial charge in [0.05, 0.1) is 18.3 Å². The molecular formula is C27H42O6Si. The standard InChI is InChI=1S/C27H42O6Si/c1-9-11-19(28)15-21-17-22(33-34(7,8)26(2,3)4)16-20(30-21)14-18-12-10-13-23-24(18)25(29)32-27(5,6)31-23/h9-10,12-13,19-22,28H,1,11,14-17H2,2-8H3/t19-,20+,21+,22?/m1/s1. The molecule has 0 aromatic heterocycles. The molecule has 0 aliphatic carbocycles. The van der Waals surface area contributed by atoms with E-state index in [1.165, 1.54) is 0 Å². The summed E-state index contributed by atoms with van der Waals surface area (Å²) in [7, 11) is -1.98. The number of aliphatic hydroxyl groups is 1. The van der Waals surface area contributed by atoms with Gasteiger partial charge in [0.2, 0.25) is 5.79 Å². The Hall–Kier alpha value is -1.67. The van der Waals surface area contributed by atoms with Crippen LogP contribution in [0.25, 0.3) is 0 Å². The van der Waals surface area contributed by atoms with Crippen molar-refractivity contribution in [1.82, 2.24) is 0 Å². The first-order chi connectivity index (χ1) is 15.7. The zero-order valence-electron chi connectivity index (χ0n) is 21.8. The van der Waals surface area contributed by atoms with Gasteiger partial charge in [-0.1, -0.05) is 39.0 Å². The van der Waals surface area contributed by atoms with Crippen LogP contribution >= 0.6 is 0 Å². The molecule has 190 valence electrons. The Balaban J connectivity index is 1.82. The molecule has 0 radical (unpaired) electrons. The van der Waals surface area contributed by atoms with Gasteiger partial charge >= 0.3 is 5.97 Å². The number of hydrogen-bond donors (Lipinski definition) is 1. The molecule has 2 aliphatic heterocycles. The van der Waals surface area contributed by atoms with E-state index in [2.05, 4.69) is 40.4 Å². The second-order valence-electron chi connectivity index (χ2n) is 11.7. The second-order valence-corrected chi connectivity index (χ2v) is 16.4. The largest absolute Gasteiger partial charge is 0.452 e. The smallest absolute Gasteiger partial charge is 0.345 e. The molecule has 1 unspecified atom stereocenters. The molecule has 1 N–H and O–H groups in total. The topological polar surface area (TPSA) is 74.2 Å². The van der Waals surface area contributed by atoms with Crippen molar-refractivity contribution in [3.05, 3.63) is 42.0 Å². The van der Waals surface area contributed by atoms with E-state index < -0.39 is 20.2 Å². The first-order valence-corrected chi connectivity index (χ1v) is 15.3. The van der Waals surface area contributed by atoms with E-state index in [1.807, 2.05) is 12.1 Å². The maximum atomic E-state index is 12.8. The van der Waals surface area contributed by atoms with Gasteiger partial charge in [0.25, 0.3) is 0 Å². The predicted molar refractivity (Wildman–Crippen MR) is 136 cm³/mol. The zero-order valence-corrected chi connectivity index (χ0v) is 22.8. The van der Waals surface area contributed by atoms with Gasteiger partial charge in [-0.05, 0) is 61.9 Å². The van der Waals surface area contributed by atoms with Gasteiger partial charge in [-0.2, -0.15) is 0 Å². The highest BCUT2D eigenvalue weighted by Crippen LogP contribution is 2.40. The van der Waals surface area contributed by atoms with Crippen LogP contribution < -0.4 is 4.74 Å². The molecule has 0 amide bonds. The van der Waals surface area contributed by atoms with E-state index in [0.29, 0.717) is 30.6 Å². The van der Waals surface area contributed by atoms with Crippen molar-refractivity contribution in [2.24, 2.45) is 0 Å². The summed E-state index contributed by atoms with van der Waals surface area (Å²) in [6.45, 7) is 18.4. The highest BCUT2D eigenvalue weighted by molar-refractivity contribution is 6.74. The van der Waals surface area contributed by atoms with Crippen LogP contribution in [-0.4, -0.2) is 49.6 Å². The molecule has 6 nitrogen and oxygen atoms in total. The summed E-state index contributed by atoms with van der Waals surface area (Å²) in [6, 6.07) is 5.64. The molecule has 34 heavy (non-hydrogen) atoms. The molecule has 2 heterocycles. The van der Waals surface area contributed by atoms with Crippen LogP contribution in [0.1, 0.15) is 76.2 Å². The molecule has 2 aliphatic rings. The monoisotopic (exact) mass is 490 g/mol. The van der Waals surface area contributed by atoms with Crippen molar-refractivity contribution >= 4 is 14.3 Å². The molecule has 1 fully saturated rings. The van der Waals surface area contributed by atoms with Gasteiger partial charge in [-0.3, -0.25) is 0 Å². The van der Waals surface area contributed by atoms with Crippen LogP contribution in [0.15, 0.2) is 30.9 Å². The van der Waals surface area contributed by atoms with Crippen molar-refractivity contribution < 1.29 is 28.5 Å². The molecule has 0 saturated carbocycles. The van der Waals surface area contributed by atoms with Gasteiger partial charge in [-0.25, -0.2) is 4.79 Å². The molecule has 0 spiro atoms. The Morgan fingerprint density at radius 1 is 1.24 bits per heavy atom. The van der Waals surface area contributed by atoms with Gasteiger partial charge in [0.1, 0.15) is 11.3 Å². The van der Waals surface area contributed by atoms with Crippen LogP contribution in [0.3, 0.4) is 0 Å². The summed E-state index contributed by atoms with van der Waals surface area (Å²) >= 11 is 0. The number of ether oxygens (including phenoxy) is 3. The summed E-state index contributed by atoms with van der Waals surface area (Å²) in [5, 5.41) is 10.5. The van der Waals surface area contributed by atoms with Crippen molar-refractivity contribution in [2.45, 2.75) is 115 Å². The molecule has 3 rings (SSSR count). The molecule has 4 atom stereocenters. The zero-order chi connectivity index (χ0) is 25.3. The van der Waals surface area contributed by atoms with Crippen molar-refractivity contribution in [2.75, 3.05) is 0 Å². The Labute approximate surface area is 205 Å². The van der Waals surface area contributed by atoms with E-state index in [4.69, 9.17) is 18.6 Å². The fraction of sp³-hybridized carbons (Fsp3) is 0.667. The SMILES string of the molecule is C=CC[C@@H](O)C[C@H]1CC(O[Si](C)(C)C(C)(C)C)C[C@H](Cc2cccc3c2C(=O)OC(C)(C)O3)O1. The third kappa shape index (κ3) is 6.50. The van der Waals surface area contributed by atoms with Gasteiger partial charge in [-0.15, -0.1) is 6.58 Å². The normalized spacial score (nSPS) is 25.6. The summed E-state index contributed by atoms with van der Waals surface area (Å²) in [4.78, 5) is 12.8. The van der Waals surface area contributed by atoms with Crippen LogP contribution in [0.4, 0.5) is 0 Å². The maximum absolute atomic E-state index is 12.8. The number of carbonyl (C=O) groups is 1. The minimum atomic E-state index is -1.98. The first kappa shape index (κ1) is 26.9. The Bertz CT molecular complexity index is 888. The highest BCUT2D eigenvalue weighted by Gasteiger charge is 2.42. The molecule has 1 aromatic carbocycles. The number of fused-ring (bicyclic) bond motifs is 1. The van der Waals surface area contributed by atoms with Gasteiger partial charge in [0, 0.05) is 20.0 Å². The number of esters is 1. The summed E-state index contributed by atoms with van der Waals surface area (Å²) < 4.78 is 24.6. The van der Waals surface area contributed by atoms with Crippen molar-refractivity contribution in [1.29, 1.82) is 0 Å². The highest BCUT2D eigenvalue weighted by atomic mass is 28.4. The number of aliphatic hydroxyl groups excluding tert-OH is 1. The molecule has 7 heteroatoms. The molecule has 1 aromatic rings. The quantitative estimate of drug-likeness (QED) is 0.283. The third-order valence-electron chi connectivity index (χ3n) is 7.14. The number of hydrogen-bond acceptors (Lipinski definition) is 6. The third-order valence-corrected chi connectivity index (χ3v) is 11.7. The predicted octanol–water partition coefficient (Wildman–Crippen LogP) is 5.78. The minimum Gasteiger partial charge on any atom is -0.452 e. The van der Waals surface area contributed by atoms with Crippen LogP contribution in [0.5, 0.6) is 5.75 Å².